The summed E-state index contributed by atoms with van der Waals surface area (Å²) in [4.78, 5) is 15.3. The Kier molecular flexibility index (Phi) is 3.72. The molecule has 1 amide bonds. The van der Waals surface area contributed by atoms with Crippen molar-refractivity contribution in [3.63, 3.8) is 0 Å². The van der Waals surface area contributed by atoms with E-state index in [0.717, 1.165) is 30.0 Å². The number of rotatable bonds is 2. The van der Waals surface area contributed by atoms with Crippen LogP contribution in [-0.4, -0.2) is 55.2 Å². The highest BCUT2D eigenvalue weighted by Crippen LogP contribution is 2.40. The molecule has 4 rings (SSSR count). The average Bonchev–Trinajstić information content (AvgIpc) is 3.07. The van der Waals surface area contributed by atoms with Gasteiger partial charge in [0.25, 0.3) is 5.91 Å². The highest BCUT2D eigenvalue weighted by Gasteiger charge is 2.46. The Morgan fingerprint density at radius 3 is 2.68 bits per heavy atom. The topological polar surface area (TPSA) is 65.2 Å². The normalized spacial score (nSPS) is 22.2. The minimum Gasteiger partial charge on any atom is -0.368 e. The number of ether oxygens (including phenoxy) is 1. The minimum atomic E-state index is -0.133. The van der Waals surface area contributed by atoms with Crippen LogP contribution in [0.25, 0.3) is 5.82 Å². The average molecular weight is 343 g/mol. The van der Waals surface area contributed by atoms with Gasteiger partial charge in [0.15, 0.2) is 5.82 Å². The summed E-state index contributed by atoms with van der Waals surface area (Å²) in [6, 6.07) is 1.93. The number of aromatic nitrogens is 4. The molecule has 1 atom stereocenters. The summed E-state index contributed by atoms with van der Waals surface area (Å²) in [5.74, 6) is 0.743. The quantitative estimate of drug-likeness (QED) is 0.837. The fourth-order valence-corrected chi connectivity index (χ4v) is 4.08. The number of carbonyl (C=O) groups excluding carboxylic acids is 1. The Morgan fingerprint density at radius 1 is 1.32 bits per heavy atom. The third-order valence-electron chi connectivity index (χ3n) is 5.30. The predicted molar refractivity (Wildman–Crippen MR) is 92.8 cm³/mol. The van der Waals surface area contributed by atoms with Crippen molar-refractivity contribution in [2.75, 3.05) is 13.1 Å². The van der Waals surface area contributed by atoms with Crippen LogP contribution in [0.5, 0.6) is 0 Å². The van der Waals surface area contributed by atoms with Crippen LogP contribution in [0.4, 0.5) is 0 Å². The molecule has 0 radical (unpaired) electrons. The molecule has 0 bridgehead atoms. The number of morpholine rings is 1. The Balaban J connectivity index is 1.70. The van der Waals surface area contributed by atoms with Crippen LogP contribution < -0.4 is 0 Å². The van der Waals surface area contributed by atoms with E-state index in [2.05, 4.69) is 10.2 Å². The summed E-state index contributed by atoms with van der Waals surface area (Å²) in [6.45, 7) is 7.16. The molecule has 3 heterocycles. The smallest absolute Gasteiger partial charge is 0.259 e. The summed E-state index contributed by atoms with van der Waals surface area (Å²) < 4.78 is 9.62. The molecular formula is C18H25N5O2. The van der Waals surface area contributed by atoms with Crippen molar-refractivity contribution in [1.29, 1.82) is 0 Å². The van der Waals surface area contributed by atoms with E-state index in [1.807, 2.05) is 45.0 Å². The minimum absolute atomic E-state index is 0.0233. The first-order valence-corrected chi connectivity index (χ1v) is 8.92. The van der Waals surface area contributed by atoms with Gasteiger partial charge in [-0.1, -0.05) is 0 Å². The van der Waals surface area contributed by atoms with Gasteiger partial charge in [0, 0.05) is 19.8 Å². The van der Waals surface area contributed by atoms with Crippen LogP contribution in [0.2, 0.25) is 0 Å². The molecule has 2 aromatic heterocycles. The van der Waals surface area contributed by atoms with Gasteiger partial charge in [-0.25, -0.2) is 9.36 Å². The van der Waals surface area contributed by atoms with E-state index in [0.29, 0.717) is 18.7 Å². The molecule has 1 aliphatic carbocycles. The van der Waals surface area contributed by atoms with Crippen LogP contribution in [0, 0.1) is 13.8 Å². The lowest BCUT2D eigenvalue weighted by atomic mass is 9.78. The van der Waals surface area contributed by atoms with Crippen LogP contribution in [0.15, 0.2) is 12.3 Å². The molecule has 2 fully saturated rings. The fraction of sp³-hybridized carbons (Fsp3) is 0.611. The van der Waals surface area contributed by atoms with E-state index in [1.54, 1.807) is 9.36 Å². The Hall–Kier alpha value is -2.15. The van der Waals surface area contributed by atoms with Crippen molar-refractivity contribution in [3.05, 3.63) is 29.2 Å². The van der Waals surface area contributed by atoms with Crippen molar-refractivity contribution in [2.24, 2.45) is 7.05 Å². The number of hydrogen-bond donors (Lipinski definition) is 0. The molecule has 7 heteroatoms. The standard InChI is InChI=1S/C18H25N5O2/c1-12-6-9-23(19-12)16-15(14(3)20-21(16)4)17(24)22-10-13(2)25-18(11-22)7-5-8-18/h6,9,13H,5,7-8,10-11H2,1-4H3. The summed E-state index contributed by atoms with van der Waals surface area (Å²) in [5.41, 5.74) is 2.14. The van der Waals surface area contributed by atoms with E-state index in [4.69, 9.17) is 4.74 Å². The van der Waals surface area contributed by atoms with Crippen LogP contribution in [0.1, 0.15) is 47.9 Å². The van der Waals surface area contributed by atoms with E-state index in [9.17, 15) is 4.79 Å². The van der Waals surface area contributed by atoms with Gasteiger partial charge >= 0.3 is 0 Å². The lowest BCUT2D eigenvalue weighted by Gasteiger charge is -2.50. The predicted octanol–water partition coefficient (Wildman–Crippen LogP) is 2.01. The molecule has 1 unspecified atom stereocenters. The van der Waals surface area contributed by atoms with E-state index >= 15 is 0 Å². The molecular weight excluding hydrogens is 318 g/mol. The monoisotopic (exact) mass is 343 g/mol. The van der Waals surface area contributed by atoms with E-state index in [-0.39, 0.29) is 17.6 Å². The molecule has 1 saturated heterocycles. The number of hydrogen-bond acceptors (Lipinski definition) is 4. The van der Waals surface area contributed by atoms with Crippen molar-refractivity contribution in [3.8, 4) is 5.82 Å². The van der Waals surface area contributed by atoms with Crippen LogP contribution >= 0.6 is 0 Å². The summed E-state index contributed by atoms with van der Waals surface area (Å²) in [5, 5.41) is 8.95. The molecule has 0 N–H and O–H groups in total. The van der Waals surface area contributed by atoms with Gasteiger partial charge < -0.3 is 9.64 Å². The SMILES string of the molecule is Cc1ccn(-c2c(C(=O)N3CC(C)OC4(CCC4)C3)c(C)nn2C)n1. The Morgan fingerprint density at radius 2 is 2.08 bits per heavy atom. The zero-order chi connectivity index (χ0) is 17.8. The van der Waals surface area contributed by atoms with Gasteiger partial charge in [-0.2, -0.15) is 10.2 Å². The number of aryl methyl sites for hydroxylation is 3. The van der Waals surface area contributed by atoms with E-state index in [1.165, 1.54) is 6.42 Å². The van der Waals surface area contributed by atoms with Gasteiger partial charge in [0.2, 0.25) is 0 Å². The maximum absolute atomic E-state index is 13.4. The van der Waals surface area contributed by atoms with Crippen LogP contribution in [0.3, 0.4) is 0 Å². The fourth-order valence-electron chi connectivity index (χ4n) is 4.08. The molecule has 134 valence electrons. The summed E-state index contributed by atoms with van der Waals surface area (Å²) >= 11 is 0. The summed E-state index contributed by atoms with van der Waals surface area (Å²) in [6.07, 6.45) is 5.19. The van der Waals surface area contributed by atoms with Gasteiger partial charge in [-0.3, -0.25) is 4.79 Å². The third-order valence-corrected chi connectivity index (χ3v) is 5.30. The van der Waals surface area contributed by atoms with Gasteiger partial charge in [-0.15, -0.1) is 0 Å². The second kappa shape index (κ2) is 5.69. The first-order chi connectivity index (χ1) is 11.9. The number of nitrogens with zero attached hydrogens (tertiary/aromatic N) is 5. The second-order valence-electron chi connectivity index (χ2n) is 7.46. The second-order valence-corrected chi connectivity index (χ2v) is 7.46. The van der Waals surface area contributed by atoms with Gasteiger partial charge in [-0.05, 0) is 46.1 Å². The number of carbonyl (C=O) groups is 1. The first-order valence-electron chi connectivity index (χ1n) is 8.92. The Labute approximate surface area is 147 Å². The zero-order valence-electron chi connectivity index (χ0n) is 15.3. The lowest BCUT2D eigenvalue weighted by molar-refractivity contribution is -0.176. The van der Waals surface area contributed by atoms with E-state index < -0.39 is 0 Å². The highest BCUT2D eigenvalue weighted by atomic mass is 16.5. The molecule has 7 nitrogen and oxygen atoms in total. The molecule has 0 aromatic carbocycles. The van der Waals surface area contributed by atoms with Crippen LogP contribution in [-0.2, 0) is 11.8 Å². The molecule has 1 saturated carbocycles. The summed E-state index contributed by atoms with van der Waals surface area (Å²) in [7, 11) is 1.85. The van der Waals surface area contributed by atoms with Crippen molar-refractivity contribution >= 4 is 5.91 Å². The van der Waals surface area contributed by atoms with Crippen molar-refractivity contribution < 1.29 is 9.53 Å². The third kappa shape index (κ3) is 2.66. The molecule has 1 spiro atoms. The maximum Gasteiger partial charge on any atom is 0.259 e. The Bertz CT molecular complexity index is 818. The van der Waals surface area contributed by atoms with Gasteiger partial charge in [0.1, 0.15) is 5.56 Å². The lowest BCUT2D eigenvalue weighted by Crippen LogP contribution is -2.59. The van der Waals surface area contributed by atoms with Crippen molar-refractivity contribution in [1.82, 2.24) is 24.5 Å². The largest absolute Gasteiger partial charge is 0.368 e. The van der Waals surface area contributed by atoms with Gasteiger partial charge in [0.05, 0.1) is 29.6 Å². The molecule has 1 aliphatic heterocycles. The van der Waals surface area contributed by atoms with Crippen molar-refractivity contribution in [2.45, 2.75) is 51.7 Å². The highest BCUT2D eigenvalue weighted by molar-refractivity contribution is 5.98. The first kappa shape index (κ1) is 16.3. The maximum atomic E-state index is 13.4. The molecule has 2 aromatic rings. The zero-order valence-corrected chi connectivity index (χ0v) is 15.3. The number of amides is 1. The molecule has 2 aliphatic rings. The molecule has 25 heavy (non-hydrogen) atoms.